The zero-order valence-corrected chi connectivity index (χ0v) is 25.8. The summed E-state index contributed by atoms with van der Waals surface area (Å²) in [5, 5.41) is 37.1. The van der Waals surface area contributed by atoms with Crippen molar-refractivity contribution in [2.45, 2.75) is 76.3 Å². The van der Waals surface area contributed by atoms with E-state index in [0.29, 0.717) is 18.6 Å². The molecule has 45 heavy (non-hydrogen) atoms. The van der Waals surface area contributed by atoms with E-state index in [9.17, 15) is 24.6 Å². The Morgan fingerprint density at radius 3 is 2.22 bits per heavy atom. The molecule has 0 saturated carbocycles. The lowest BCUT2D eigenvalue weighted by Crippen LogP contribution is -2.48. The van der Waals surface area contributed by atoms with Gasteiger partial charge in [0.2, 0.25) is 5.91 Å². The largest absolute Gasteiger partial charge is 0.482 e. The summed E-state index contributed by atoms with van der Waals surface area (Å²) in [5.74, 6) is -1.82. The zero-order chi connectivity index (χ0) is 32.6. The first-order valence-electron chi connectivity index (χ1n) is 15.1. The molecule has 10 heteroatoms. The monoisotopic (exact) mass is 618 g/mol. The van der Waals surface area contributed by atoms with Crippen molar-refractivity contribution in [1.29, 1.82) is 0 Å². The van der Waals surface area contributed by atoms with Gasteiger partial charge < -0.3 is 35.4 Å². The van der Waals surface area contributed by atoms with E-state index in [1.165, 1.54) is 0 Å². The maximum Gasteiger partial charge on any atom is 0.407 e. The number of amides is 2. The van der Waals surface area contributed by atoms with Gasteiger partial charge in [0.15, 0.2) is 6.61 Å². The molecule has 0 aromatic heterocycles. The van der Waals surface area contributed by atoms with Crippen molar-refractivity contribution in [2.24, 2.45) is 5.92 Å². The molecule has 0 heterocycles. The lowest BCUT2D eigenvalue weighted by Gasteiger charge is -2.29. The van der Waals surface area contributed by atoms with Crippen molar-refractivity contribution in [2.75, 3.05) is 6.61 Å². The second-order valence-electron chi connectivity index (χ2n) is 12.4. The number of carboxylic acids is 1. The molecule has 0 aliphatic heterocycles. The van der Waals surface area contributed by atoms with E-state index in [2.05, 4.69) is 10.6 Å². The lowest BCUT2D eigenvalue weighted by atomic mass is 9.88. The summed E-state index contributed by atoms with van der Waals surface area (Å²) in [4.78, 5) is 37.5. The second-order valence-corrected chi connectivity index (χ2v) is 12.4. The minimum atomic E-state index is -1.13. The smallest absolute Gasteiger partial charge is 0.407 e. The number of nitrogens with one attached hydrogen (secondary N) is 2. The molecule has 0 bridgehead atoms. The maximum atomic E-state index is 13.9. The number of fused-ring (bicyclic) bond motifs is 1. The van der Waals surface area contributed by atoms with Crippen LogP contribution in [0.5, 0.6) is 5.75 Å². The Labute approximate surface area is 263 Å². The fourth-order valence-corrected chi connectivity index (χ4v) is 5.52. The van der Waals surface area contributed by atoms with Gasteiger partial charge in [0, 0.05) is 12.3 Å². The number of aliphatic hydroxyl groups excluding tert-OH is 2. The highest BCUT2D eigenvalue weighted by Crippen LogP contribution is 2.32. The van der Waals surface area contributed by atoms with Crippen LogP contribution < -0.4 is 15.4 Å². The number of ether oxygens (including phenoxy) is 2. The van der Waals surface area contributed by atoms with E-state index < -0.39 is 54.5 Å². The summed E-state index contributed by atoms with van der Waals surface area (Å²) < 4.78 is 10.7. The average molecular weight is 619 g/mol. The first-order valence-corrected chi connectivity index (χ1v) is 15.1. The van der Waals surface area contributed by atoms with Crippen LogP contribution in [0.25, 0.3) is 0 Å². The van der Waals surface area contributed by atoms with E-state index in [1.54, 1.807) is 45.0 Å². The van der Waals surface area contributed by atoms with Gasteiger partial charge >= 0.3 is 12.1 Å². The summed E-state index contributed by atoms with van der Waals surface area (Å²) in [6.07, 6.45) is -1.64. The molecule has 0 radical (unpaired) electrons. The number of benzene rings is 3. The Kier molecular flexibility index (Phi) is 11.2. The predicted molar refractivity (Wildman–Crippen MR) is 168 cm³/mol. The SMILES string of the molecule is CC(C)(C)OC(=O)N[C@@H](Cc1ccccc1)[C@@H](O)C[C@@H](Cc1ccc(OCC(=O)O)cc1)C(=O)N[C@H]1c2ccccc2C[C@H]1O. The van der Waals surface area contributed by atoms with Crippen LogP contribution in [-0.2, 0) is 33.6 Å². The van der Waals surface area contributed by atoms with Gasteiger partial charge in [-0.25, -0.2) is 9.59 Å². The molecule has 0 unspecified atom stereocenters. The van der Waals surface area contributed by atoms with Crippen molar-refractivity contribution in [3.63, 3.8) is 0 Å². The Balaban J connectivity index is 1.56. The molecule has 5 N–H and O–H groups in total. The summed E-state index contributed by atoms with van der Waals surface area (Å²) in [6, 6.07) is 22.4. The molecule has 240 valence electrons. The highest BCUT2D eigenvalue weighted by molar-refractivity contribution is 5.80. The van der Waals surface area contributed by atoms with Crippen LogP contribution in [0.3, 0.4) is 0 Å². The van der Waals surface area contributed by atoms with Gasteiger partial charge in [-0.2, -0.15) is 0 Å². The van der Waals surface area contributed by atoms with Gasteiger partial charge in [0.25, 0.3) is 0 Å². The van der Waals surface area contributed by atoms with Crippen LogP contribution >= 0.6 is 0 Å². The van der Waals surface area contributed by atoms with E-state index in [4.69, 9.17) is 14.6 Å². The van der Waals surface area contributed by atoms with Gasteiger partial charge in [-0.15, -0.1) is 0 Å². The van der Waals surface area contributed by atoms with Crippen LogP contribution in [0, 0.1) is 5.92 Å². The normalized spacial score (nSPS) is 17.8. The molecular weight excluding hydrogens is 576 g/mol. The number of carbonyl (C=O) groups is 3. The van der Waals surface area contributed by atoms with Crippen molar-refractivity contribution in [3.8, 4) is 5.75 Å². The molecular formula is C35H42N2O8. The predicted octanol–water partition coefficient (Wildman–Crippen LogP) is 3.97. The fraction of sp³-hybridized carbons (Fsp3) is 0.400. The van der Waals surface area contributed by atoms with Gasteiger partial charge in [0.1, 0.15) is 11.4 Å². The number of alkyl carbamates (subject to hydrolysis) is 1. The van der Waals surface area contributed by atoms with Gasteiger partial charge in [-0.3, -0.25) is 4.79 Å². The third kappa shape index (κ3) is 10.1. The minimum absolute atomic E-state index is 0.000852. The van der Waals surface area contributed by atoms with E-state index in [0.717, 1.165) is 22.3 Å². The first-order chi connectivity index (χ1) is 21.4. The number of aliphatic hydroxyl groups is 2. The fourth-order valence-electron chi connectivity index (χ4n) is 5.52. The summed E-state index contributed by atoms with van der Waals surface area (Å²) in [7, 11) is 0. The Bertz CT molecular complexity index is 1440. The molecule has 1 aliphatic rings. The van der Waals surface area contributed by atoms with Crippen molar-refractivity contribution < 1.29 is 39.2 Å². The number of hydrogen-bond donors (Lipinski definition) is 5. The quantitative estimate of drug-likeness (QED) is 0.193. The number of carbonyl (C=O) groups excluding carboxylic acids is 2. The minimum Gasteiger partial charge on any atom is -0.482 e. The standard InChI is InChI=1S/C35H42N2O8/c1-35(2,3)45-34(43)36-28(18-22-9-5-4-6-10-22)29(38)20-25(17-23-13-15-26(16-14-23)44-21-31(40)41)33(42)37-32-27-12-8-7-11-24(27)19-30(32)39/h4-16,25,28-30,32,38-39H,17-21H2,1-3H3,(H,36,43)(H,37,42)(H,40,41)/t25-,28+,29+,30-,32+/m1/s1. The third-order valence-electron chi connectivity index (χ3n) is 7.63. The van der Waals surface area contributed by atoms with E-state index in [1.807, 2.05) is 54.6 Å². The number of rotatable bonds is 13. The third-order valence-corrected chi connectivity index (χ3v) is 7.63. The molecule has 10 nitrogen and oxygen atoms in total. The average Bonchev–Trinajstić information content (AvgIpc) is 3.30. The van der Waals surface area contributed by atoms with Crippen molar-refractivity contribution in [3.05, 3.63) is 101 Å². The van der Waals surface area contributed by atoms with Gasteiger partial charge in [-0.05, 0) is 74.4 Å². The molecule has 2 amide bonds. The Morgan fingerprint density at radius 1 is 0.911 bits per heavy atom. The van der Waals surface area contributed by atoms with Gasteiger partial charge in [0.05, 0.1) is 24.3 Å². The van der Waals surface area contributed by atoms with E-state index in [-0.39, 0.29) is 18.7 Å². The molecule has 0 fully saturated rings. The van der Waals surface area contributed by atoms with Crippen molar-refractivity contribution >= 4 is 18.0 Å². The summed E-state index contributed by atoms with van der Waals surface area (Å²) >= 11 is 0. The summed E-state index contributed by atoms with van der Waals surface area (Å²) in [6.45, 7) is 4.78. The number of carboxylic acid groups (broad SMARTS) is 1. The van der Waals surface area contributed by atoms with Crippen molar-refractivity contribution in [1.82, 2.24) is 10.6 Å². The Morgan fingerprint density at radius 2 is 1.56 bits per heavy atom. The molecule has 0 saturated heterocycles. The molecule has 3 aromatic rings. The number of hydrogen-bond acceptors (Lipinski definition) is 7. The topological polar surface area (TPSA) is 154 Å². The lowest BCUT2D eigenvalue weighted by molar-refractivity contribution is -0.139. The van der Waals surface area contributed by atoms with Crippen LogP contribution in [0.1, 0.15) is 55.5 Å². The second kappa shape index (κ2) is 15.0. The van der Waals surface area contributed by atoms with Crippen LogP contribution in [0.15, 0.2) is 78.9 Å². The van der Waals surface area contributed by atoms with Crippen LogP contribution in [-0.4, -0.2) is 63.7 Å². The Hall–Kier alpha value is -4.41. The molecule has 1 aliphatic carbocycles. The van der Waals surface area contributed by atoms with Crippen LogP contribution in [0.2, 0.25) is 0 Å². The van der Waals surface area contributed by atoms with E-state index >= 15 is 0 Å². The van der Waals surface area contributed by atoms with Crippen LogP contribution in [0.4, 0.5) is 4.79 Å². The maximum absolute atomic E-state index is 13.9. The summed E-state index contributed by atoms with van der Waals surface area (Å²) in [5.41, 5.74) is 2.73. The first kappa shape index (κ1) is 33.5. The van der Waals surface area contributed by atoms with Gasteiger partial charge in [-0.1, -0.05) is 66.7 Å². The molecule has 0 spiro atoms. The highest BCUT2D eigenvalue weighted by Gasteiger charge is 2.35. The molecule has 5 atom stereocenters. The highest BCUT2D eigenvalue weighted by atomic mass is 16.6. The number of aliphatic carboxylic acids is 1. The zero-order valence-electron chi connectivity index (χ0n) is 25.8. The molecule has 3 aromatic carbocycles. The molecule has 4 rings (SSSR count).